The van der Waals surface area contributed by atoms with Crippen molar-refractivity contribution in [3.63, 3.8) is 0 Å². The standard InChI is InChI=1S/C21H23ClN4S/c1-16-3-2-4-17(15-16)9-10-25-11-13-26(14-12-25)21-23-20(24-27-21)18-5-7-19(22)8-6-18/h2-8,15H,9-14H2,1H3. The first-order chi connectivity index (χ1) is 13.2. The fraction of sp³-hybridized carbons (Fsp3) is 0.333. The molecule has 140 valence electrons. The Bertz CT molecular complexity index is 885. The zero-order valence-electron chi connectivity index (χ0n) is 15.4. The third-order valence-corrected chi connectivity index (χ3v) is 5.99. The minimum absolute atomic E-state index is 0.732. The molecule has 1 fully saturated rings. The van der Waals surface area contributed by atoms with Gasteiger partial charge >= 0.3 is 0 Å². The summed E-state index contributed by atoms with van der Waals surface area (Å²) in [7, 11) is 0. The topological polar surface area (TPSA) is 32.3 Å². The van der Waals surface area contributed by atoms with Crippen LogP contribution in [0.15, 0.2) is 48.5 Å². The lowest BCUT2D eigenvalue weighted by Crippen LogP contribution is -2.47. The highest BCUT2D eigenvalue weighted by Crippen LogP contribution is 2.25. The van der Waals surface area contributed by atoms with Gasteiger partial charge in [-0.2, -0.15) is 9.36 Å². The van der Waals surface area contributed by atoms with Crippen LogP contribution in [0.5, 0.6) is 0 Å². The minimum atomic E-state index is 0.732. The van der Waals surface area contributed by atoms with E-state index in [-0.39, 0.29) is 0 Å². The second kappa shape index (κ2) is 8.38. The highest BCUT2D eigenvalue weighted by atomic mass is 35.5. The van der Waals surface area contributed by atoms with Gasteiger partial charge in [-0.25, -0.2) is 0 Å². The summed E-state index contributed by atoms with van der Waals surface area (Å²) in [5.41, 5.74) is 3.78. The van der Waals surface area contributed by atoms with Crippen molar-refractivity contribution >= 4 is 28.3 Å². The molecule has 2 aromatic carbocycles. The molecular formula is C21H23ClN4S. The Hall–Kier alpha value is -1.95. The monoisotopic (exact) mass is 398 g/mol. The van der Waals surface area contributed by atoms with Gasteiger partial charge in [0.1, 0.15) is 0 Å². The summed E-state index contributed by atoms with van der Waals surface area (Å²) in [6, 6.07) is 16.5. The minimum Gasteiger partial charge on any atom is -0.344 e. The lowest BCUT2D eigenvalue weighted by molar-refractivity contribution is 0.261. The van der Waals surface area contributed by atoms with Crippen LogP contribution in [0.25, 0.3) is 11.4 Å². The molecule has 1 aliphatic heterocycles. The number of rotatable bonds is 5. The van der Waals surface area contributed by atoms with Crippen LogP contribution in [0.2, 0.25) is 5.02 Å². The number of aryl methyl sites for hydroxylation is 1. The van der Waals surface area contributed by atoms with Crippen LogP contribution in [0.1, 0.15) is 11.1 Å². The average molecular weight is 399 g/mol. The molecule has 2 heterocycles. The van der Waals surface area contributed by atoms with Crippen molar-refractivity contribution in [3.8, 4) is 11.4 Å². The van der Waals surface area contributed by atoms with Crippen molar-refractivity contribution in [2.45, 2.75) is 13.3 Å². The number of benzene rings is 2. The number of nitrogens with zero attached hydrogens (tertiary/aromatic N) is 4. The normalized spacial score (nSPS) is 15.3. The van der Waals surface area contributed by atoms with Gasteiger partial charge in [-0.15, -0.1) is 0 Å². The fourth-order valence-electron chi connectivity index (χ4n) is 3.38. The van der Waals surface area contributed by atoms with E-state index < -0.39 is 0 Å². The first-order valence-corrected chi connectivity index (χ1v) is 10.4. The molecule has 1 saturated heterocycles. The van der Waals surface area contributed by atoms with Crippen molar-refractivity contribution in [1.82, 2.24) is 14.3 Å². The molecule has 0 N–H and O–H groups in total. The summed E-state index contributed by atoms with van der Waals surface area (Å²) < 4.78 is 4.53. The maximum absolute atomic E-state index is 5.96. The molecule has 0 bridgehead atoms. The molecule has 4 rings (SSSR count). The third kappa shape index (κ3) is 4.67. The summed E-state index contributed by atoms with van der Waals surface area (Å²) in [5, 5.41) is 1.74. The summed E-state index contributed by atoms with van der Waals surface area (Å²) >= 11 is 7.44. The van der Waals surface area contributed by atoms with Crippen LogP contribution >= 0.6 is 23.1 Å². The molecule has 0 radical (unpaired) electrons. The second-order valence-electron chi connectivity index (χ2n) is 6.98. The molecule has 0 saturated carbocycles. The van der Waals surface area contributed by atoms with Crippen LogP contribution < -0.4 is 4.90 Å². The van der Waals surface area contributed by atoms with Crippen LogP contribution in [-0.2, 0) is 6.42 Å². The van der Waals surface area contributed by atoms with Crippen LogP contribution in [0.4, 0.5) is 5.13 Å². The Kier molecular flexibility index (Phi) is 5.72. The van der Waals surface area contributed by atoms with Gasteiger partial charge in [0, 0.05) is 54.8 Å². The molecule has 27 heavy (non-hydrogen) atoms. The Morgan fingerprint density at radius 3 is 2.56 bits per heavy atom. The molecule has 6 heteroatoms. The number of anilines is 1. The molecule has 0 amide bonds. The van der Waals surface area contributed by atoms with Gasteiger partial charge in [0.25, 0.3) is 0 Å². The smallest absolute Gasteiger partial charge is 0.205 e. The Balaban J connectivity index is 1.31. The van der Waals surface area contributed by atoms with Crippen molar-refractivity contribution in [1.29, 1.82) is 0 Å². The first kappa shape index (κ1) is 18.4. The van der Waals surface area contributed by atoms with E-state index in [2.05, 4.69) is 45.4 Å². The maximum atomic E-state index is 5.96. The van der Waals surface area contributed by atoms with Gasteiger partial charge < -0.3 is 4.90 Å². The number of aromatic nitrogens is 2. The van der Waals surface area contributed by atoms with Gasteiger partial charge in [-0.3, -0.25) is 4.90 Å². The Morgan fingerprint density at radius 2 is 1.81 bits per heavy atom. The largest absolute Gasteiger partial charge is 0.344 e. The highest BCUT2D eigenvalue weighted by Gasteiger charge is 2.20. The highest BCUT2D eigenvalue weighted by molar-refractivity contribution is 7.09. The van der Waals surface area contributed by atoms with Crippen molar-refractivity contribution in [3.05, 3.63) is 64.7 Å². The van der Waals surface area contributed by atoms with E-state index in [1.54, 1.807) is 0 Å². The average Bonchev–Trinajstić information content (AvgIpc) is 3.18. The molecule has 0 unspecified atom stereocenters. The molecular weight excluding hydrogens is 376 g/mol. The van der Waals surface area contributed by atoms with E-state index in [1.165, 1.54) is 22.7 Å². The SMILES string of the molecule is Cc1cccc(CCN2CCN(c3nc(-c4ccc(Cl)cc4)ns3)CC2)c1. The van der Waals surface area contributed by atoms with E-state index in [0.29, 0.717) is 0 Å². The molecule has 0 spiro atoms. The molecule has 1 aromatic heterocycles. The molecule has 0 atom stereocenters. The van der Waals surface area contributed by atoms with Gasteiger partial charge in [-0.1, -0.05) is 41.4 Å². The van der Waals surface area contributed by atoms with Crippen molar-refractivity contribution in [2.24, 2.45) is 0 Å². The third-order valence-electron chi connectivity index (χ3n) is 4.96. The quantitative estimate of drug-likeness (QED) is 0.632. The van der Waals surface area contributed by atoms with E-state index in [1.807, 2.05) is 24.3 Å². The van der Waals surface area contributed by atoms with Gasteiger partial charge in [-0.05, 0) is 43.2 Å². The summed E-state index contributed by atoms with van der Waals surface area (Å²) in [6.07, 6.45) is 1.11. The van der Waals surface area contributed by atoms with Crippen LogP contribution in [0, 0.1) is 6.92 Å². The number of halogens is 1. The Morgan fingerprint density at radius 1 is 1.04 bits per heavy atom. The number of hydrogen-bond donors (Lipinski definition) is 0. The van der Waals surface area contributed by atoms with E-state index in [9.17, 15) is 0 Å². The maximum Gasteiger partial charge on any atom is 0.205 e. The molecule has 3 aromatic rings. The summed E-state index contributed by atoms with van der Waals surface area (Å²) in [4.78, 5) is 9.62. The van der Waals surface area contributed by atoms with Crippen molar-refractivity contribution < 1.29 is 0 Å². The van der Waals surface area contributed by atoms with Gasteiger partial charge in [0.15, 0.2) is 5.82 Å². The van der Waals surface area contributed by atoms with Crippen LogP contribution in [-0.4, -0.2) is 47.0 Å². The van der Waals surface area contributed by atoms with Gasteiger partial charge in [0.2, 0.25) is 5.13 Å². The molecule has 0 aliphatic carbocycles. The fourth-order valence-corrected chi connectivity index (χ4v) is 4.24. The predicted molar refractivity (Wildman–Crippen MR) is 114 cm³/mol. The Labute approximate surface area is 169 Å². The van der Waals surface area contributed by atoms with E-state index in [0.717, 1.165) is 60.7 Å². The van der Waals surface area contributed by atoms with E-state index in [4.69, 9.17) is 16.6 Å². The zero-order valence-corrected chi connectivity index (χ0v) is 17.0. The summed E-state index contributed by atoms with van der Waals surface area (Å²) in [6.45, 7) is 7.42. The first-order valence-electron chi connectivity index (χ1n) is 9.30. The molecule has 1 aliphatic rings. The zero-order chi connectivity index (χ0) is 18.6. The second-order valence-corrected chi connectivity index (χ2v) is 8.14. The number of piperazine rings is 1. The summed E-state index contributed by atoms with van der Waals surface area (Å²) in [5.74, 6) is 0.786. The molecule has 4 nitrogen and oxygen atoms in total. The van der Waals surface area contributed by atoms with Crippen LogP contribution in [0.3, 0.4) is 0 Å². The van der Waals surface area contributed by atoms with Gasteiger partial charge in [0.05, 0.1) is 0 Å². The van der Waals surface area contributed by atoms with E-state index >= 15 is 0 Å². The number of hydrogen-bond acceptors (Lipinski definition) is 5. The predicted octanol–water partition coefficient (Wildman–Crippen LogP) is 4.53. The lowest BCUT2D eigenvalue weighted by atomic mass is 10.1. The van der Waals surface area contributed by atoms with Crippen molar-refractivity contribution in [2.75, 3.05) is 37.6 Å². The lowest BCUT2D eigenvalue weighted by Gasteiger charge is -2.34.